The summed E-state index contributed by atoms with van der Waals surface area (Å²) in [5.41, 5.74) is 6.66. The third kappa shape index (κ3) is 8.51. The number of thiol groups is 1. The van der Waals surface area contributed by atoms with Gasteiger partial charge in [0.2, 0.25) is 17.7 Å². The first-order chi connectivity index (χ1) is 15.0. The summed E-state index contributed by atoms with van der Waals surface area (Å²) in [6.45, 7) is 7.13. The SMILES string of the molecule is CC(C)C(N)C(=O)NC(C(=O)NC(Cc1ccccc1)C(=O)NC(CS)C(=O)O)C(C)C. The second kappa shape index (κ2) is 13.1. The predicted molar refractivity (Wildman–Crippen MR) is 125 cm³/mol. The molecule has 10 heteroatoms. The molecule has 6 N–H and O–H groups in total. The van der Waals surface area contributed by atoms with Crippen molar-refractivity contribution in [3.8, 4) is 0 Å². The Labute approximate surface area is 194 Å². The molecular weight excluding hydrogens is 432 g/mol. The predicted octanol–water partition coefficient (Wildman–Crippen LogP) is 0.337. The van der Waals surface area contributed by atoms with Crippen LogP contribution in [0, 0.1) is 11.8 Å². The van der Waals surface area contributed by atoms with Gasteiger partial charge in [-0.05, 0) is 17.4 Å². The number of carboxylic acids is 1. The van der Waals surface area contributed by atoms with Gasteiger partial charge in [-0.3, -0.25) is 14.4 Å². The minimum Gasteiger partial charge on any atom is -0.480 e. The van der Waals surface area contributed by atoms with Gasteiger partial charge in [-0.15, -0.1) is 0 Å². The van der Waals surface area contributed by atoms with Gasteiger partial charge >= 0.3 is 5.97 Å². The van der Waals surface area contributed by atoms with Crippen LogP contribution in [0.2, 0.25) is 0 Å². The van der Waals surface area contributed by atoms with E-state index in [1.54, 1.807) is 52.0 Å². The number of carbonyl (C=O) groups is 4. The van der Waals surface area contributed by atoms with Crippen molar-refractivity contribution in [1.29, 1.82) is 0 Å². The zero-order valence-corrected chi connectivity index (χ0v) is 19.8. The van der Waals surface area contributed by atoms with Crippen LogP contribution in [-0.4, -0.2) is 58.7 Å². The maximum atomic E-state index is 13.0. The van der Waals surface area contributed by atoms with E-state index in [9.17, 15) is 24.3 Å². The van der Waals surface area contributed by atoms with Crippen LogP contribution in [0.3, 0.4) is 0 Å². The van der Waals surface area contributed by atoms with Crippen LogP contribution in [0.25, 0.3) is 0 Å². The molecule has 0 saturated carbocycles. The van der Waals surface area contributed by atoms with Crippen molar-refractivity contribution < 1.29 is 24.3 Å². The second-order valence-corrected chi connectivity index (χ2v) is 8.70. The van der Waals surface area contributed by atoms with Gasteiger partial charge in [-0.2, -0.15) is 12.6 Å². The maximum Gasteiger partial charge on any atom is 0.327 e. The molecule has 0 aliphatic carbocycles. The molecule has 0 spiro atoms. The van der Waals surface area contributed by atoms with Crippen molar-refractivity contribution >= 4 is 36.3 Å². The Morgan fingerprint density at radius 1 is 0.875 bits per heavy atom. The Balaban J connectivity index is 3.06. The van der Waals surface area contributed by atoms with Crippen LogP contribution in [0.1, 0.15) is 33.3 Å². The number of rotatable bonds is 12. The maximum absolute atomic E-state index is 13.0. The zero-order chi connectivity index (χ0) is 24.4. The van der Waals surface area contributed by atoms with Crippen LogP contribution in [0.15, 0.2) is 30.3 Å². The summed E-state index contributed by atoms with van der Waals surface area (Å²) in [7, 11) is 0. The number of benzene rings is 1. The average Bonchev–Trinajstić information content (AvgIpc) is 2.74. The fourth-order valence-electron chi connectivity index (χ4n) is 2.87. The zero-order valence-electron chi connectivity index (χ0n) is 18.9. The molecule has 4 atom stereocenters. The summed E-state index contributed by atoms with van der Waals surface area (Å²) >= 11 is 3.96. The van der Waals surface area contributed by atoms with Gasteiger partial charge in [0.05, 0.1) is 6.04 Å². The molecule has 0 radical (unpaired) electrons. The first-order valence-electron chi connectivity index (χ1n) is 10.5. The highest BCUT2D eigenvalue weighted by molar-refractivity contribution is 7.80. The Morgan fingerprint density at radius 2 is 1.44 bits per heavy atom. The summed E-state index contributed by atoms with van der Waals surface area (Å²) in [4.78, 5) is 49.6. The van der Waals surface area contributed by atoms with E-state index in [1.807, 2.05) is 6.07 Å². The molecule has 3 amide bonds. The summed E-state index contributed by atoms with van der Waals surface area (Å²) < 4.78 is 0. The van der Waals surface area contributed by atoms with E-state index in [4.69, 9.17) is 5.73 Å². The number of hydrogen-bond donors (Lipinski definition) is 6. The highest BCUT2D eigenvalue weighted by Crippen LogP contribution is 2.08. The van der Waals surface area contributed by atoms with Crippen LogP contribution in [-0.2, 0) is 25.6 Å². The molecule has 0 aliphatic heterocycles. The number of carbonyl (C=O) groups excluding carboxylic acids is 3. The van der Waals surface area contributed by atoms with Crippen LogP contribution < -0.4 is 21.7 Å². The minimum atomic E-state index is -1.23. The number of hydrogen-bond acceptors (Lipinski definition) is 6. The molecule has 0 saturated heterocycles. The number of aliphatic carboxylic acids is 1. The topological polar surface area (TPSA) is 151 Å². The van der Waals surface area contributed by atoms with Crippen LogP contribution >= 0.6 is 12.6 Å². The Kier molecular flexibility index (Phi) is 11.2. The van der Waals surface area contributed by atoms with E-state index in [2.05, 4.69) is 28.6 Å². The summed E-state index contributed by atoms with van der Waals surface area (Å²) in [6.07, 6.45) is 0.140. The lowest BCUT2D eigenvalue weighted by Crippen LogP contribution is -2.59. The van der Waals surface area contributed by atoms with Crippen molar-refractivity contribution in [2.24, 2.45) is 17.6 Å². The van der Waals surface area contributed by atoms with Crippen molar-refractivity contribution in [3.63, 3.8) is 0 Å². The van der Waals surface area contributed by atoms with E-state index in [0.29, 0.717) is 0 Å². The first-order valence-corrected chi connectivity index (χ1v) is 11.1. The number of amides is 3. The van der Waals surface area contributed by atoms with Gasteiger partial charge in [0.1, 0.15) is 18.1 Å². The number of nitrogens with two attached hydrogens (primary N) is 1. The van der Waals surface area contributed by atoms with Crippen molar-refractivity contribution in [1.82, 2.24) is 16.0 Å². The average molecular weight is 467 g/mol. The highest BCUT2D eigenvalue weighted by Gasteiger charge is 2.32. The molecular formula is C22H34N4O5S. The molecule has 1 rings (SSSR count). The monoisotopic (exact) mass is 466 g/mol. The number of carboxylic acid groups (broad SMARTS) is 1. The van der Waals surface area contributed by atoms with Crippen molar-refractivity contribution in [2.45, 2.75) is 58.3 Å². The van der Waals surface area contributed by atoms with Crippen molar-refractivity contribution in [3.05, 3.63) is 35.9 Å². The van der Waals surface area contributed by atoms with Crippen molar-refractivity contribution in [2.75, 3.05) is 5.75 Å². The van der Waals surface area contributed by atoms with Crippen LogP contribution in [0.4, 0.5) is 0 Å². The second-order valence-electron chi connectivity index (χ2n) is 8.33. The molecule has 0 fully saturated rings. The van der Waals surface area contributed by atoms with E-state index >= 15 is 0 Å². The van der Waals surface area contributed by atoms with Gasteiger partial charge in [-0.1, -0.05) is 58.0 Å². The molecule has 32 heavy (non-hydrogen) atoms. The van der Waals surface area contributed by atoms with E-state index < -0.39 is 47.9 Å². The third-order valence-electron chi connectivity index (χ3n) is 4.98. The fourth-order valence-corrected chi connectivity index (χ4v) is 3.11. The smallest absolute Gasteiger partial charge is 0.327 e. The lowest BCUT2D eigenvalue weighted by molar-refractivity contribution is -0.141. The van der Waals surface area contributed by atoms with E-state index in [1.165, 1.54) is 0 Å². The molecule has 0 aromatic heterocycles. The molecule has 0 bridgehead atoms. The molecule has 1 aromatic carbocycles. The first kappa shape index (κ1) is 27.4. The standard InChI is InChI=1S/C22H34N4O5S/c1-12(2)17(23)20(28)26-18(13(3)4)21(29)24-15(10-14-8-6-5-7-9-14)19(27)25-16(11-32)22(30)31/h5-9,12-13,15-18,32H,10-11,23H2,1-4H3,(H,24,29)(H,25,27)(H,26,28)(H,30,31). The largest absolute Gasteiger partial charge is 0.480 e. The van der Waals surface area contributed by atoms with E-state index in [-0.39, 0.29) is 24.0 Å². The van der Waals surface area contributed by atoms with Crippen LogP contribution in [0.5, 0.6) is 0 Å². The Hall–Kier alpha value is -2.59. The van der Waals surface area contributed by atoms with Gasteiger partial charge in [0.25, 0.3) is 0 Å². The summed E-state index contributed by atoms with van der Waals surface area (Å²) in [6, 6.07) is 5.05. The molecule has 0 aliphatic rings. The van der Waals surface area contributed by atoms with Gasteiger partial charge < -0.3 is 26.8 Å². The summed E-state index contributed by atoms with van der Waals surface area (Å²) in [5.74, 6) is -3.40. The lowest BCUT2D eigenvalue weighted by Gasteiger charge is -2.27. The lowest BCUT2D eigenvalue weighted by atomic mass is 9.99. The molecule has 4 unspecified atom stereocenters. The van der Waals surface area contributed by atoms with Gasteiger partial charge in [-0.25, -0.2) is 4.79 Å². The highest BCUT2D eigenvalue weighted by atomic mass is 32.1. The summed E-state index contributed by atoms with van der Waals surface area (Å²) in [5, 5.41) is 16.9. The number of nitrogens with one attached hydrogen (secondary N) is 3. The third-order valence-corrected chi connectivity index (χ3v) is 5.35. The quantitative estimate of drug-likeness (QED) is 0.245. The normalized spacial score (nSPS) is 14.9. The Bertz CT molecular complexity index is 788. The van der Waals surface area contributed by atoms with Gasteiger partial charge in [0, 0.05) is 12.2 Å². The molecule has 0 heterocycles. The fraction of sp³-hybridized carbons (Fsp3) is 0.545. The molecule has 1 aromatic rings. The molecule has 9 nitrogen and oxygen atoms in total. The van der Waals surface area contributed by atoms with Gasteiger partial charge in [0.15, 0.2) is 0 Å². The molecule has 178 valence electrons. The van der Waals surface area contributed by atoms with E-state index in [0.717, 1.165) is 5.56 Å². The minimum absolute atomic E-state index is 0.106. The Morgan fingerprint density at radius 3 is 1.91 bits per heavy atom.